The monoisotopic (exact) mass is 597 g/mol. The Morgan fingerprint density at radius 2 is 1.77 bits per heavy atom. The molecule has 232 valence electrons. The fraction of sp³-hybridized carbons (Fsp3) is 0.516. The van der Waals surface area contributed by atoms with Crippen LogP contribution in [-0.4, -0.2) is 90.9 Å². The lowest BCUT2D eigenvalue weighted by Gasteiger charge is -2.51. The molecule has 1 aromatic carbocycles. The van der Waals surface area contributed by atoms with Crippen molar-refractivity contribution in [2.45, 2.75) is 58.1 Å². The Labute approximate surface area is 250 Å². The number of nitrogens with one attached hydrogen (secondary N) is 1. The molecule has 0 saturated heterocycles. The van der Waals surface area contributed by atoms with E-state index < -0.39 is 69.9 Å². The van der Waals surface area contributed by atoms with Gasteiger partial charge in [-0.05, 0) is 57.0 Å². The molecule has 3 aliphatic rings. The quantitative estimate of drug-likeness (QED) is 0.229. The Morgan fingerprint density at radius 3 is 2.33 bits per heavy atom. The van der Waals surface area contributed by atoms with E-state index in [4.69, 9.17) is 9.47 Å². The van der Waals surface area contributed by atoms with Crippen molar-refractivity contribution in [2.24, 2.45) is 11.8 Å². The van der Waals surface area contributed by atoms with Crippen molar-refractivity contribution in [3.05, 3.63) is 45.9 Å². The number of nitrogens with zero attached hydrogens (tertiary/aromatic N) is 2. The molecule has 4 rings (SSSR count). The second-order valence-electron chi connectivity index (χ2n) is 11.7. The van der Waals surface area contributed by atoms with Gasteiger partial charge >= 0.3 is 5.97 Å². The number of ether oxygens (including phenoxy) is 2. The normalized spacial score (nSPS) is 24.7. The number of carbonyl (C=O) groups excluding carboxylic acids is 5. The predicted octanol–water partition coefficient (Wildman–Crippen LogP) is 2.41. The Hall–Kier alpha value is -4.19. The minimum absolute atomic E-state index is 0.0475. The molecule has 2 amide bonds. The summed E-state index contributed by atoms with van der Waals surface area (Å²) in [4.78, 5) is 69.4. The van der Waals surface area contributed by atoms with Crippen LogP contribution in [0.1, 0.15) is 56.0 Å². The smallest absolute Gasteiger partial charge is 0.304 e. The molecule has 12 nitrogen and oxygen atoms in total. The van der Waals surface area contributed by atoms with Crippen LogP contribution >= 0.6 is 0 Å². The summed E-state index contributed by atoms with van der Waals surface area (Å²) in [7, 11) is 6.89. The van der Waals surface area contributed by atoms with Gasteiger partial charge in [0.2, 0.25) is 17.3 Å². The zero-order valence-corrected chi connectivity index (χ0v) is 25.6. The van der Waals surface area contributed by atoms with E-state index in [0.717, 1.165) is 37.9 Å². The van der Waals surface area contributed by atoms with Crippen molar-refractivity contribution in [2.75, 3.05) is 39.7 Å². The van der Waals surface area contributed by atoms with Gasteiger partial charge in [0.15, 0.2) is 11.5 Å². The van der Waals surface area contributed by atoms with Gasteiger partial charge in [-0.3, -0.25) is 34.2 Å². The summed E-state index contributed by atoms with van der Waals surface area (Å²) in [6, 6.07) is 2.48. The van der Waals surface area contributed by atoms with Crippen LogP contribution in [0.15, 0.2) is 34.8 Å². The first-order valence-corrected chi connectivity index (χ1v) is 14.3. The zero-order valence-electron chi connectivity index (χ0n) is 25.6. The SMILES string of the molecule is CCCCOc1ccc(N(C)C)c2c1C(=O)C1=C(O)C3(OC(C)=O)C(=O)C(C(=O)NC(C)=O)=C(O)C(N(C)C)C3CC1C2. The summed E-state index contributed by atoms with van der Waals surface area (Å²) in [5.41, 5.74) is -1.69. The lowest BCUT2D eigenvalue weighted by Crippen LogP contribution is -2.65. The standard InChI is InChI=1S/C31H39N3O9/c1-8-9-12-42-21-11-10-20(33(4)5)18-13-17-14-19-25(34(6)7)27(38)24(30(41)32-15(2)35)29(40)31(19,43-16(3)36)28(39)22(17)26(37)23(18)21/h10-11,17,19,25,38-39H,8-9,12-14H2,1-7H3,(H,32,35,41). The summed E-state index contributed by atoms with van der Waals surface area (Å²) in [5.74, 6) is -7.52. The first kappa shape index (κ1) is 31.7. The molecule has 0 aliphatic heterocycles. The number of allylic oxidation sites excluding steroid dienone is 1. The second-order valence-corrected chi connectivity index (χ2v) is 11.7. The molecule has 0 saturated carbocycles. The number of rotatable bonds is 8. The number of aliphatic hydroxyl groups excluding tert-OH is 2. The fourth-order valence-electron chi connectivity index (χ4n) is 6.67. The number of unbranched alkanes of at least 4 members (excludes halogenated alkanes) is 1. The molecule has 0 bridgehead atoms. The topological polar surface area (TPSA) is 163 Å². The Kier molecular flexibility index (Phi) is 8.73. The van der Waals surface area contributed by atoms with Gasteiger partial charge in [-0.15, -0.1) is 0 Å². The number of esters is 1. The van der Waals surface area contributed by atoms with Gasteiger partial charge in [0.1, 0.15) is 17.1 Å². The molecule has 4 unspecified atom stereocenters. The highest BCUT2D eigenvalue weighted by molar-refractivity contribution is 6.27. The van der Waals surface area contributed by atoms with Crippen LogP contribution in [-0.2, 0) is 30.3 Å². The maximum Gasteiger partial charge on any atom is 0.304 e. The highest BCUT2D eigenvalue weighted by Crippen LogP contribution is 2.54. The number of Topliss-reactive ketones (excluding diaryl/α,β-unsaturated/α-hetero) is 2. The minimum Gasteiger partial charge on any atom is -0.510 e. The van der Waals surface area contributed by atoms with E-state index in [0.29, 0.717) is 18.8 Å². The number of likely N-dealkylation sites (N-methyl/N-ethyl adjacent to an activating group) is 1. The van der Waals surface area contributed by atoms with Crippen LogP contribution in [0.25, 0.3) is 0 Å². The molecule has 12 heteroatoms. The van der Waals surface area contributed by atoms with Crippen LogP contribution in [0, 0.1) is 11.8 Å². The van der Waals surface area contributed by atoms with E-state index in [1.54, 1.807) is 20.2 Å². The average molecular weight is 598 g/mol. The van der Waals surface area contributed by atoms with E-state index in [-0.39, 0.29) is 17.6 Å². The molecule has 0 fully saturated rings. The van der Waals surface area contributed by atoms with Crippen LogP contribution in [0.5, 0.6) is 5.75 Å². The van der Waals surface area contributed by atoms with E-state index in [9.17, 15) is 34.2 Å². The highest BCUT2D eigenvalue weighted by Gasteiger charge is 2.66. The third kappa shape index (κ3) is 5.17. The van der Waals surface area contributed by atoms with Gasteiger partial charge in [0, 0.05) is 45.1 Å². The summed E-state index contributed by atoms with van der Waals surface area (Å²) < 4.78 is 11.7. The first-order chi connectivity index (χ1) is 20.2. The number of imide groups is 1. The van der Waals surface area contributed by atoms with Gasteiger partial charge in [0.25, 0.3) is 5.91 Å². The summed E-state index contributed by atoms with van der Waals surface area (Å²) >= 11 is 0. The minimum atomic E-state index is -2.50. The van der Waals surface area contributed by atoms with Crippen LogP contribution < -0.4 is 15.0 Å². The van der Waals surface area contributed by atoms with Gasteiger partial charge in [-0.25, -0.2) is 0 Å². The summed E-state index contributed by atoms with van der Waals surface area (Å²) in [6.07, 6.45) is 1.98. The van der Waals surface area contributed by atoms with Crippen molar-refractivity contribution in [3.8, 4) is 5.75 Å². The highest BCUT2D eigenvalue weighted by atomic mass is 16.6. The zero-order chi connectivity index (χ0) is 32.0. The van der Waals surface area contributed by atoms with Crippen molar-refractivity contribution >= 4 is 35.0 Å². The second kappa shape index (κ2) is 11.8. The largest absolute Gasteiger partial charge is 0.510 e. The Bertz CT molecular complexity index is 1460. The maximum atomic E-state index is 14.4. The maximum absolute atomic E-state index is 14.4. The Morgan fingerprint density at radius 1 is 1.09 bits per heavy atom. The molecule has 0 heterocycles. The molecule has 4 atom stereocenters. The van der Waals surface area contributed by atoms with Crippen molar-refractivity contribution < 1.29 is 43.7 Å². The van der Waals surface area contributed by atoms with Crippen LogP contribution in [0.3, 0.4) is 0 Å². The number of hydrogen-bond donors (Lipinski definition) is 3. The van der Waals surface area contributed by atoms with Gasteiger partial charge in [-0.2, -0.15) is 0 Å². The molecule has 0 spiro atoms. The number of benzene rings is 1. The molecule has 43 heavy (non-hydrogen) atoms. The lowest BCUT2D eigenvalue weighted by molar-refractivity contribution is -0.177. The van der Waals surface area contributed by atoms with E-state index in [1.165, 1.54) is 4.90 Å². The lowest BCUT2D eigenvalue weighted by atomic mass is 9.58. The first-order valence-electron chi connectivity index (χ1n) is 14.3. The summed E-state index contributed by atoms with van der Waals surface area (Å²) in [5, 5.41) is 25.3. The molecule has 3 N–H and O–H groups in total. The van der Waals surface area contributed by atoms with E-state index >= 15 is 0 Å². The van der Waals surface area contributed by atoms with E-state index in [1.807, 2.05) is 37.3 Å². The van der Waals surface area contributed by atoms with Gasteiger partial charge < -0.3 is 24.6 Å². The van der Waals surface area contributed by atoms with Crippen molar-refractivity contribution in [1.29, 1.82) is 0 Å². The molecular formula is C31H39N3O9. The number of ketones is 2. The number of amides is 2. The number of carbonyl (C=O) groups is 5. The van der Waals surface area contributed by atoms with Crippen molar-refractivity contribution in [3.63, 3.8) is 0 Å². The van der Waals surface area contributed by atoms with Gasteiger partial charge in [0.05, 0.1) is 18.2 Å². The predicted molar refractivity (Wildman–Crippen MR) is 156 cm³/mol. The third-order valence-corrected chi connectivity index (χ3v) is 8.34. The van der Waals surface area contributed by atoms with Crippen molar-refractivity contribution in [1.82, 2.24) is 10.2 Å². The molecular weight excluding hydrogens is 558 g/mol. The fourth-order valence-corrected chi connectivity index (χ4v) is 6.67. The number of aliphatic hydroxyl groups is 2. The molecule has 1 aromatic rings. The molecule has 3 aliphatic carbocycles. The van der Waals surface area contributed by atoms with E-state index in [2.05, 4.69) is 0 Å². The average Bonchev–Trinajstić information content (AvgIpc) is 2.89. The Balaban J connectivity index is 2.01. The molecule has 0 aromatic heterocycles. The number of fused-ring (bicyclic) bond motifs is 3. The van der Waals surface area contributed by atoms with Gasteiger partial charge in [-0.1, -0.05) is 13.3 Å². The molecule has 0 radical (unpaired) electrons. The number of anilines is 1. The summed E-state index contributed by atoms with van der Waals surface area (Å²) in [6.45, 7) is 4.48. The van der Waals surface area contributed by atoms with Crippen LogP contribution in [0.4, 0.5) is 5.69 Å². The number of hydrogen-bond acceptors (Lipinski definition) is 11. The van der Waals surface area contributed by atoms with Crippen LogP contribution in [0.2, 0.25) is 0 Å². The third-order valence-electron chi connectivity index (χ3n) is 8.34.